The van der Waals surface area contributed by atoms with E-state index in [9.17, 15) is 9.59 Å². The van der Waals surface area contributed by atoms with E-state index >= 15 is 0 Å². The van der Waals surface area contributed by atoms with Gasteiger partial charge in [-0.3, -0.25) is 14.7 Å². The first-order valence-corrected chi connectivity index (χ1v) is 15.2. The third-order valence-corrected chi connectivity index (χ3v) is 8.50. The van der Waals surface area contributed by atoms with Gasteiger partial charge in [0.1, 0.15) is 11.3 Å². The van der Waals surface area contributed by atoms with Crippen LogP contribution in [0.2, 0.25) is 0 Å². The fourth-order valence-electron chi connectivity index (χ4n) is 6.27. The number of carbonyl (C=O) groups is 1. The molecular weight excluding hydrogens is 548 g/mol. The summed E-state index contributed by atoms with van der Waals surface area (Å²) in [6, 6.07) is 9.20. The normalized spacial score (nSPS) is 18.6. The Morgan fingerprint density at radius 1 is 1.02 bits per heavy atom. The lowest BCUT2D eigenvalue weighted by Gasteiger charge is -2.36. The van der Waals surface area contributed by atoms with Crippen molar-refractivity contribution in [1.29, 1.82) is 0 Å². The number of hydrogen-bond donors (Lipinski definition) is 0. The third-order valence-electron chi connectivity index (χ3n) is 8.50. The number of piperazine rings is 1. The maximum Gasteiger partial charge on any atom is 0.338 e. The van der Waals surface area contributed by atoms with Crippen molar-refractivity contribution >= 4 is 34.5 Å². The number of ether oxygens (including phenoxy) is 3. The number of aryl methyl sites for hydroxylation is 1. The maximum absolute atomic E-state index is 13.1. The fraction of sp³-hybridized carbons (Fsp3) is 0.485. The number of fused-ring (bicyclic) bond motifs is 3. The SMILES string of the molecule is COc1cc2c(cc1OCCCN1CCN(c3cc(=O)oc4c(C)c(OC(C)C)ccc34)CC1)N=C[C@@H]1CCCN1C2=O. The van der Waals surface area contributed by atoms with Gasteiger partial charge in [-0.25, -0.2) is 4.79 Å². The van der Waals surface area contributed by atoms with Gasteiger partial charge in [0.2, 0.25) is 0 Å². The van der Waals surface area contributed by atoms with Crippen molar-refractivity contribution in [2.45, 2.75) is 52.2 Å². The van der Waals surface area contributed by atoms with Crippen molar-refractivity contribution in [3.63, 3.8) is 0 Å². The third kappa shape index (κ3) is 5.93. The summed E-state index contributed by atoms with van der Waals surface area (Å²) in [5.41, 5.74) is 3.18. The zero-order valence-electron chi connectivity index (χ0n) is 25.4. The Kier molecular flexibility index (Phi) is 8.30. The monoisotopic (exact) mass is 588 g/mol. The number of methoxy groups -OCH3 is 1. The fourth-order valence-corrected chi connectivity index (χ4v) is 6.27. The van der Waals surface area contributed by atoms with Gasteiger partial charge >= 0.3 is 5.63 Å². The summed E-state index contributed by atoms with van der Waals surface area (Å²) in [7, 11) is 1.59. The molecule has 3 aliphatic heterocycles. The molecule has 0 saturated carbocycles. The van der Waals surface area contributed by atoms with Crippen molar-refractivity contribution in [3.8, 4) is 17.2 Å². The highest BCUT2D eigenvalue weighted by molar-refractivity contribution is 6.03. The van der Waals surface area contributed by atoms with Crippen LogP contribution in [0.5, 0.6) is 17.2 Å². The van der Waals surface area contributed by atoms with Crippen LogP contribution in [0, 0.1) is 6.92 Å². The van der Waals surface area contributed by atoms with Gasteiger partial charge in [-0.15, -0.1) is 0 Å². The van der Waals surface area contributed by atoms with Crippen LogP contribution in [0.25, 0.3) is 11.0 Å². The van der Waals surface area contributed by atoms with Crippen molar-refractivity contribution in [2.24, 2.45) is 4.99 Å². The average Bonchev–Trinajstić information content (AvgIpc) is 3.43. The number of carbonyl (C=O) groups excluding carboxylic acids is 1. The topological polar surface area (TPSA) is 97.1 Å². The van der Waals surface area contributed by atoms with E-state index < -0.39 is 0 Å². The minimum Gasteiger partial charge on any atom is -0.493 e. The largest absolute Gasteiger partial charge is 0.493 e. The average molecular weight is 589 g/mol. The molecule has 0 N–H and O–H groups in total. The van der Waals surface area contributed by atoms with Crippen molar-refractivity contribution in [2.75, 3.05) is 57.9 Å². The first kappa shape index (κ1) is 29.0. The van der Waals surface area contributed by atoms with Crippen LogP contribution >= 0.6 is 0 Å². The highest BCUT2D eigenvalue weighted by Gasteiger charge is 2.32. The van der Waals surface area contributed by atoms with Crippen molar-refractivity contribution in [1.82, 2.24) is 9.80 Å². The van der Waals surface area contributed by atoms with E-state index in [0.717, 1.165) is 80.9 Å². The van der Waals surface area contributed by atoms with Gasteiger partial charge in [0, 0.05) is 68.6 Å². The van der Waals surface area contributed by atoms with Crippen LogP contribution in [0.4, 0.5) is 11.4 Å². The molecule has 2 aromatic carbocycles. The van der Waals surface area contributed by atoms with Gasteiger partial charge in [-0.1, -0.05) is 0 Å². The summed E-state index contributed by atoms with van der Waals surface area (Å²) in [6.07, 6.45) is 4.71. The van der Waals surface area contributed by atoms with Crippen LogP contribution in [0.15, 0.2) is 44.5 Å². The Morgan fingerprint density at radius 2 is 1.84 bits per heavy atom. The molecule has 1 aromatic heterocycles. The molecule has 43 heavy (non-hydrogen) atoms. The first-order valence-electron chi connectivity index (χ1n) is 15.2. The lowest BCUT2D eigenvalue weighted by Crippen LogP contribution is -2.47. The standard InChI is InChI=1S/C33H40N4O6/c1-21(2)42-28-9-8-24-27(19-31(38)43-32(24)22(28)3)36-14-12-35(13-15-36)10-6-16-41-30-18-26-25(17-29(30)40-4)33(39)37-11-5-7-23(37)20-34-26/h8-9,17-21,23H,5-7,10-16H2,1-4H3/t23-/m0/s1. The van der Waals surface area contributed by atoms with Crippen LogP contribution in [0.1, 0.15) is 49.0 Å². The molecule has 0 spiro atoms. The van der Waals surface area contributed by atoms with Crippen LogP contribution < -0.4 is 24.7 Å². The van der Waals surface area contributed by atoms with Crippen molar-refractivity contribution in [3.05, 3.63) is 51.9 Å². The van der Waals surface area contributed by atoms with Gasteiger partial charge in [0.15, 0.2) is 11.5 Å². The Morgan fingerprint density at radius 3 is 2.60 bits per heavy atom. The molecule has 4 heterocycles. The Hall–Kier alpha value is -4.05. The van der Waals surface area contributed by atoms with Crippen LogP contribution in [-0.4, -0.2) is 87.1 Å². The van der Waals surface area contributed by atoms with Crippen LogP contribution in [0.3, 0.4) is 0 Å². The van der Waals surface area contributed by atoms with E-state index in [0.29, 0.717) is 34.9 Å². The molecular formula is C33H40N4O6. The van der Waals surface area contributed by atoms with E-state index in [4.69, 9.17) is 18.6 Å². The molecule has 228 valence electrons. The quantitative estimate of drug-likeness (QED) is 0.260. The van der Waals surface area contributed by atoms with Gasteiger partial charge in [-0.05, 0) is 58.2 Å². The lowest BCUT2D eigenvalue weighted by molar-refractivity contribution is 0.0774. The molecule has 2 fully saturated rings. The first-order chi connectivity index (χ1) is 20.8. The summed E-state index contributed by atoms with van der Waals surface area (Å²) < 4.78 is 23.2. The number of amides is 1. The maximum atomic E-state index is 13.1. The van der Waals surface area contributed by atoms with E-state index in [-0.39, 0.29) is 23.7 Å². The Labute approximate surface area is 251 Å². The predicted octanol–water partition coefficient (Wildman–Crippen LogP) is 4.81. The van der Waals surface area contributed by atoms with Gasteiger partial charge < -0.3 is 28.4 Å². The van der Waals surface area contributed by atoms with Gasteiger partial charge in [0.05, 0.1) is 42.8 Å². The number of benzene rings is 2. The Balaban J connectivity index is 1.05. The zero-order chi connectivity index (χ0) is 30.1. The molecule has 3 aromatic rings. The minimum absolute atomic E-state index is 0.00314. The number of aliphatic imine (C=N–C) groups is 1. The molecule has 6 rings (SSSR count). The molecule has 10 heteroatoms. The molecule has 0 aliphatic carbocycles. The predicted molar refractivity (Wildman–Crippen MR) is 167 cm³/mol. The Bertz CT molecular complexity index is 1590. The van der Waals surface area contributed by atoms with Gasteiger partial charge in [0.25, 0.3) is 5.91 Å². The molecule has 1 atom stereocenters. The highest BCUT2D eigenvalue weighted by Crippen LogP contribution is 2.38. The second-order valence-electron chi connectivity index (χ2n) is 11.7. The molecule has 2 saturated heterocycles. The second kappa shape index (κ2) is 12.3. The van der Waals surface area contributed by atoms with Crippen LogP contribution in [-0.2, 0) is 0 Å². The van der Waals surface area contributed by atoms with E-state index in [2.05, 4.69) is 14.8 Å². The molecule has 3 aliphatic rings. The molecule has 1 amide bonds. The van der Waals surface area contributed by atoms with E-state index in [1.54, 1.807) is 19.2 Å². The number of rotatable bonds is 9. The minimum atomic E-state index is -0.351. The second-order valence-corrected chi connectivity index (χ2v) is 11.7. The van der Waals surface area contributed by atoms with Gasteiger partial charge in [-0.2, -0.15) is 0 Å². The number of hydrogen-bond acceptors (Lipinski definition) is 9. The summed E-state index contributed by atoms with van der Waals surface area (Å²) in [5.74, 6) is 1.89. The summed E-state index contributed by atoms with van der Waals surface area (Å²) in [6.45, 7) is 11.4. The molecule has 0 radical (unpaired) electrons. The lowest BCUT2D eigenvalue weighted by atomic mass is 10.1. The summed E-state index contributed by atoms with van der Waals surface area (Å²) >= 11 is 0. The molecule has 10 nitrogen and oxygen atoms in total. The molecule has 0 bridgehead atoms. The van der Waals surface area contributed by atoms with E-state index in [1.165, 1.54) is 0 Å². The summed E-state index contributed by atoms with van der Waals surface area (Å²) in [4.78, 5) is 36.8. The zero-order valence-corrected chi connectivity index (χ0v) is 25.4. The highest BCUT2D eigenvalue weighted by atomic mass is 16.5. The smallest absolute Gasteiger partial charge is 0.338 e. The number of nitrogens with zero attached hydrogens (tertiary/aromatic N) is 4. The van der Waals surface area contributed by atoms with E-state index in [1.807, 2.05) is 50.1 Å². The van der Waals surface area contributed by atoms with Crippen molar-refractivity contribution < 1.29 is 23.4 Å². The summed E-state index contributed by atoms with van der Waals surface area (Å²) in [5, 5.41) is 0.927. The number of anilines is 1. The molecule has 0 unspecified atom stereocenters.